The molecule has 1 rings (SSSR count). The molecule has 2 unspecified atom stereocenters. The van der Waals surface area contributed by atoms with Crippen LogP contribution in [0.5, 0.6) is 0 Å². The van der Waals surface area contributed by atoms with Gasteiger partial charge in [-0.15, -0.1) is 0 Å². The van der Waals surface area contributed by atoms with E-state index in [0.29, 0.717) is 11.8 Å². The van der Waals surface area contributed by atoms with Crippen molar-refractivity contribution in [1.29, 1.82) is 0 Å². The molecular weight excluding hydrogens is 170 g/mol. The molecule has 1 aliphatic rings. The SMILES string of the molecule is CC(CS)C(=O)N1CCCC1C. The van der Waals surface area contributed by atoms with Crippen molar-refractivity contribution in [2.75, 3.05) is 12.3 Å². The number of carbonyl (C=O) groups excluding carboxylic acids is 1. The van der Waals surface area contributed by atoms with E-state index in [9.17, 15) is 4.79 Å². The minimum Gasteiger partial charge on any atom is -0.340 e. The molecule has 12 heavy (non-hydrogen) atoms. The second-order valence-electron chi connectivity index (χ2n) is 3.61. The van der Waals surface area contributed by atoms with E-state index < -0.39 is 0 Å². The van der Waals surface area contributed by atoms with Crippen LogP contribution in [-0.4, -0.2) is 29.1 Å². The topological polar surface area (TPSA) is 20.3 Å². The lowest BCUT2D eigenvalue weighted by atomic mass is 10.1. The average Bonchev–Trinajstić information content (AvgIpc) is 2.48. The zero-order valence-electron chi connectivity index (χ0n) is 7.79. The lowest BCUT2D eigenvalue weighted by molar-refractivity contribution is -0.134. The van der Waals surface area contributed by atoms with Crippen LogP contribution >= 0.6 is 12.6 Å². The average molecular weight is 187 g/mol. The number of nitrogens with zero attached hydrogens (tertiary/aromatic N) is 1. The van der Waals surface area contributed by atoms with Crippen molar-refractivity contribution in [2.45, 2.75) is 32.7 Å². The fraction of sp³-hybridized carbons (Fsp3) is 0.889. The summed E-state index contributed by atoms with van der Waals surface area (Å²) in [6.45, 7) is 5.01. The van der Waals surface area contributed by atoms with Crippen LogP contribution in [0.4, 0.5) is 0 Å². The number of likely N-dealkylation sites (tertiary alicyclic amines) is 1. The van der Waals surface area contributed by atoms with Crippen LogP contribution in [0, 0.1) is 5.92 Å². The smallest absolute Gasteiger partial charge is 0.226 e. The number of hydrogen-bond acceptors (Lipinski definition) is 2. The van der Waals surface area contributed by atoms with Crippen molar-refractivity contribution in [1.82, 2.24) is 4.90 Å². The molecule has 0 aromatic carbocycles. The second kappa shape index (κ2) is 4.17. The summed E-state index contributed by atoms with van der Waals surface area (Å²) in [6.07, 6.45) is 2.32. The highest BCUT2D eigenvalue weighted by Crippen LogP contribution is 2.19. The Bertz CT molecular complexity index is 172. The number of thiol groups is 1. The van der Waals surface area contributed by atoms with Crippen LogP contribution in [0.15, 0.2) is 0 Å². The Kier molecular flexibility index (Phi) is 3.44. The van der Waals surface area contributed by atoms with Crippen molar-refractivity contribution in [2.24, 2.45) is 5.92 Å². The maximum atomic E-state index is 11.7. The molecule has 0 spiro atoms. The molecule has 0 N–H and O–H groups in total. The molecule has 0 radical (unpaired) electrons. The van der Waals surface area contributed by atoms with E-state index >= 15 is 0 Å². The van der Waals surface area contributed by atoms with Gasteiger partial charge in [-0.05, 0) is 19.8 Å². The second-order valence-corrected chi connectivity index (χ2v) is 3.97. The molecule has 3 heteroatoms. The molecule has 2 nitrogen and oxygen atoms in total. The highest BCUT2D eigenvalue weighted by molar-refractivity contribution is 7.80. The zero-order valence-corrected chi connectivity index (χ0v) is 8.68. The molecule has 2 atom stereocenters. The fourth-order valence-electron chi connectivity index (χ4n) is 1.62. The summed E-state index contributed by atoms with van der Waals surface area (Å²) in [6, 6.07) is 0.444. The Morgan fingerprint density at radius 3 is 2.83 bits per heavy atom. The molecule has 1 amide bonds. The summed E-state index contributed by atoms with van der Waals surface area (Å²) in [7, 11) is 0. The van der Waals surface area contributed by atoms with E-state index in [2.05, 4.69) is 19.6 Å². The van der Waals surface area contributed by atoms with Crippen LogP contribution in [0.1, 0.15) is 26.7 Å². The van der Waals surface area contributed by atoms with E-state index in [0.717, 1.165) is 19.4 Å². The molecule has 0 aliphatic carbocycles. The lowest BCUT2D eigenvalue weighted by Crippen LogP contribution is -2.37. The van der Waals surface area contributed by atoms with Gasteiger partial charge >= 0.3 is 0 Å². The Morgan fingerprint density at radius 2 is 2.42 bits per heavy atom. The van der Waals surface area contributed by atoms with Gasteiger partial charge in [0.25, 0.3) is 0 Å². The summed E-state index contributed by atoms with van der Waals surface area (Å²) in [5.41, 5.74) is 0. The maximum Gasteiger partial charge on any atom is 0.226 e. The fourth-order valence-corrected chi connectivity index (χ4v) is 1.78. The van der Waals surface area contributed by atoms with Crippen LogP contribution in [0.3, 0.4) is 0 Å². The van der Waals surface area contributed by atoms with Crippen molar-refractivity contribution in [3.63, 3.8) is 0 Å². The first-order valence-electron chi connectivity index (χ1n) is 4.58. The first kappa shape index (κ1) is 9.90. The van der Waals surface area contributed by atoms with Crippen molar-refractivity contribution in [3.8, 4) is 0 Å². The molecule has 70 valence electrons. The maximum absolute atomic E-state index is 11.7. The van der Waals surface area contributed by atoms with Crippen molar-refractivity contribution >= 4 is 18.5 Å². The monoisotopic (exact) mass is 187 g/mol. The number of rotatable bonds is 2. The lowest BCUT2D eigenvalue weighted by Gasteiger charge is -2.24. The van der Waals surface area contributed by atoms with Gasteiger partial charge in [0.05, 0.1) is 0 Å². The van der Waals surface area contributed by atoms with Crippen LogP contribution in [0.25, 0.3) is 0 Å². The Hall–Kier alpha value is -0.180. The normalized spacial score (nSPS) is 25.9. The minimum absolute atomic E-state index is 0.0777. The summed E-state index contributed by atoms with van der Waals surface area (Å²) in [4.78, 5) is 13.7. The summed E-state index contributed by atoms with van der Waals surface area (Å²) < 4.78 is 0. The molecule has 0 aromatic heterocycles. The third-order valence-corrected chi connectivity index (χ3v) is 3.08. The van der Waals surface area contributed by atoms with Crippen molar-refractivity contribution < 1.29 is 4.79 Å². The van der Waals surface area contributed by atoms with E-state index in [1.54, 1.807) is 0 Å². The van der Waals surface area contributed by atoms with Gasteiger partial charge in [0.2, 0.25) is 5.91 Å². The summed E-state index contributed by atoms with van der Waals surface area (Å²) >= 11 is 4.13. The molecule has 1 aliphatic heterocycles. The van der Waals surface area contributed by atoms with Gasteiger partial charge in [0, 0.05) is 24.3 Å². The van der Waals surface area contributed by atoms with Crippen LogP contribution in [0.2, 0.25) is 0 Å². The van der Waals surface area contributed by atoms with E-state index in [-0.39, 0.29) is 11.8 Å². The predicted octanol–water partition coefficient (Wildman–Crippen LogP) is 1.56. The van der Waals surface area contributed by atoms with Gasteiger partial charge in [-0.1, -0.05) is 6.92 Å². The summed E-state index contributed by atoms with van der Waals surface area (Å²) in [5.74, 6) is 1.01. The molecule has 0 saturated carbocycles. The number of carbonyl (C=O) groups is 1. The highest BCUT2D eigenvalue weighted by atomic mass is 32.1. The van der Waals surface area contributed by atoms with E-state index in [1.807, 2.05) is 11.8 Å². The van der Waals surface area contributed by atoms with Gasteiger partial charge in [-0.25, -0.2) is 0 Å². The first-order chi connectivity index (χ1) is 5.66. The van der Waals surface area contributed by atoms with Crippen molar-refractivity contribution in [3.05, 3.63) is 0 Å². The molecular formula is C9H17NOS. The van der Waals surface area contributed by atoms with Gasteiger partial charge in [0.15, 0.2) is 0 Å². The van der Waals surface area contributed by atoms with Gasteiger partial charge in [-0.2, -0.15) is 12.6 Å². The van der Waals surface area contributed by atoms with E-state index in [4.69, 9.17) is 0 Å². The van der Waals surface area contributed by atoms with Gasteiger partial charge in [-0.3, -0.25) is 4.79 Å². The van der Waals surface area contributed by atoms with E-state index in [1.165, 1.54) is 0 Å². The Labute approximate surface area is 79.7 Å². The Morgan fingerprint density at radius 1 is 1.75 bits per heavy atom. The summed E-state index contributed by atoms with van der Waals surface area (Å²) in [5, 5.41) is 0. The molecule has 1 saturated heterocycles. The number of amides is 1. The largest absolute Gasteiger partial charge is 0.340 e. The van der Waals surface area contributed by atoms with Gasteiger partial charge < -0.3 is 4.90 Å². The highest BCUT2D eigenvalue weighted by Gasteiger charge is 2.27. The third-order valence-electron chi connectivity index (χ3n) is 2.53. The third kappa shape index (κ3) is 1.94. The predicted molar refractivity (Wildman–Crippen MR) is 53.4 cm³/mol. The molecule has 1 fully saturated rings. The molecule has 0 bridgehead atoms. The van der Waals surface area contributed by atoms with Gasteiger partial charge in [0.1, 0.15) is 0 Å². The quantitative estimate of drug-likeness (QED) is 0.651. The molecule has 1 heterocycles. The Balaban J connectivity index is 2.51. The standard InChI is InChI=1S/C9H17NOS/c1-7(6-12)9(11)10-5-3-4-8(10)2/h7-8,12H,3-6H2,1-2H3. The zero-order chi connectivity index (χ0) is 9.14. The number of hydrogen-bond donors (Lipinski definition) is 1. The van der Waals surface area contributed by atoms with Crippen LogP contribution in [-0.2, 0) is 4.79 Å². The first-order valence-corrected chi connectivity index (χ1v) is 5.21. The van der Waals surface area contributed by atoms with Crippen LogP contribution < -0.4 is 0 Å². The minimum atomic E-state index is 0.0777. The molecule has 0 aromatic rings.